The van der Waals surface area contributed by atoms with Gasteiger partial charge in [0.25, 0.3) is 0 Å². The summed E-state index contributed by atoms with van der Waals surface area (Å²) in [7, 11) is -9.94. The van der Waals surface area contributed by atoms with E-state index < -0.39 is 97.5 Å². The molecule has 0 spiro atoms. The topological polar surface area (TPSA) is 237 Å². The van der Waals surface area contributed by atoms with E-state index >= 15 is 0 Å². The second-order valence-electron chi connectivity index (χ2n) is 34.9. The van der Waals surface area contributed by atoms with Crippen LogP contribution in [0, 0.1) is 5.92 Å². The molecule has 115 heavy (non-hydrogen) atoms. The van der Waals surface area contributed by atoms with Gasteiger partial charge in [-0.1, -0.05) is 478 Å². The van der Waals surface area contributed by atoms with Gasteiger partial charge in [0.05, 0.1) is 26.4 Å². The largest absolute Gasteiger partial charge is 0.472 e. The van der Waals surface area contributed by atoms with Gasteiger partial charge in [0.2, 0.25) is 0 Å². The lowest BCUT2D eigenvalue weighted by molar-refractivity contribution is -0.161. The van der Waals surface area contributed by atoms with Crippen molar-refractivity contribution in [1.82, 2.24) is 0 Å². The fourth-order valence-corrected chi connectivity index (χ4v) is 16.8. The summed E-state index contributed by atoms with van der Waals surface area (Å²) in [6, 6.07) is 0. The van der Waals surface area contributed by atoms with Gasteiger partial charge in [-0.3, -0.25) is 37.3 Å². The molecule has 0 heterocycles. The average Bonchev–Trinajstić information content (AvgIpc) is 0.899. The van der Waals surface area contributed by atoms with Crippen molar-refractivity contribution >= 4 is 39.5 Å². The number of carbonyl (C=O) groups is 4. The summed E-state index contributed by atoms with van der Waals surface area (Å²) in [6.07, 6.45) is 86.3. The molecule has 0 radical (unpaired) electrons. The van der Waals surface area contributed by atoms with Crippen LogP contribution >= 0.6 is 15.6 Å². The molecule has 0 bridgehead atoms. The van der Waals surface area contributed by atoms with Crippen molar-refractivity contribution in [3.63, 3.8) is 0 Å². The van der Waals surface area contributed by atoms with Crippen molar-refractivity contribution in [2.24, 2.45) is 5.92 Å². The zero-order valence-corrected chi connectivity index (χ0v) is 77.7. The third-order valence-electron chi connectivity index (χ3n) is 22.8. The van der Waals surface area contributed by atoms with Crippen LogP contribution in [0.4, 0.5) is 0 Å². The molecule has 19 heteroatoms. The molecule has 0 aromatic carbocycles. The van der Waals surface area contributed by atoms with Gasteiger partial charge in [-0.25, -0.2) is 9.13 Å². The summed E-state index contributed by atoms with van der Waals surface area (Å²) in [4.78, 5) is 73.6. The molecule has 3 N–H and O–H groups in total. The normalized spacial score (nSPS) is 13.6. The highest BCUT2D eigenvalue weighted by Crippen LogP contribution is 2.45. The molecule has 0 aliphatic carbocycles. The van der Waals surface area contributed by atoms with Crippen molar-refractivity contribution in [2.45, 2.75) is 547 Å². The fraction of sp³-hybridized carbons (Fsp3) is 0.958. The summed E-state index contributed by atoms with van der Waals surface area (Å²) in [5.74, 6) is -1.28. The molecule has 0 amide bonds. The van der Waals surface area contributed by atoms with E-state index in [1.165, 1.54) is 353 Å². The van der Waals surface area contributed by atoms with Gasteiger partial charge in [-0.2, -0.15) is 0 Å². The van der Waals surface area contributed by atoms with E-state index in [0.29, 0.717) is 25.7 Å². The third kappa shape index (κ3) is 89.6. The Hall–Kier alpha value is -1.94. The third-order valence-corrected chi connectivity index (χ3v) is 24.7. The Morgan fingerprint density at radius 2 is 0.400 bits per heavy atom. The zero-order valence-electron chi connectivity index (χ0n) is 76.0. The Morgan fingerprint density at radius 3 is 0.591 bits per heavy atom. The van der Waals surface area contributed by atoms with Crippen LogP contribution in [0.3, 0.4) is 0 Å². The summed E-state index contributed by atoms with van der Waals surface area (Å²) in [5, 5.41) is 10.7. The first-order valence-corrected chi connectivity index (χ1v) is 52.6. The van der Waals surface area contributed by atoms with Crippen LogP contribution in [0.5, 0.6) is 0 Å². The van der Waals surface area contributed by atoms with Crippen LogP contribution in [0.15, 0.2) is 0 Å². The Bertz CT molecular complexity index is 2170. The minimum atomic E-state index is -4.97. The number of rotatable bonds is 96. The lowest BCUT2D eigenvalue weighted by Gasteiger charge is -2.21. The molecule has 0 aromatic heterocycles. The lowest BCUT2D eigenvalue weighted by Crippen LogP contribution is -2.30. The van der Waals surface area contributed by atoms with Gasteiger partial charge in [0, 0.05) is 25.7 Å². The van der Waals surface area contributed by atoms with E-state index in [4.69, 9.17) is 37.0 Å². The number of ether oxygens (including phenoxy) is 4. The molecule has 0 saturated carbocycles. The molecule has 2 unspecified atom stereocenters. The standard InChI is InChI=1S/C96H188O17P2/c1-6-9-12-15-18-21-24-27-29-31-33-35-37-39-41-45-50-55-60-65-70-75-80-94(99)107-86-92(113-95(100)81-76-71-66-61-56-51-46-42-40-38-36-34-32-30-28-25-22-19-16-13-10-7-2)88-111-115(104,105)109-84-90(97)83-108-114(102,103)110-87-91(85-106-93(98)79-74-69-64-59-54-48-26-23-20-17-14-11-8-3)112-96(101)82-77-72-67-62-57-52-47-43-44-49-53-58-63-68-73-78-89(4)5/h89-92,97H,6-88H2,1-5H3,(H,102,103)(H,104,105)/t90-,91+,92+/m0/s1. The SMILES string of the molecule is CCCCCCCCCCCCCCCCCCCCCCCCC(=O)OC[C@H](COP(=O)(O)OC[C@@H](O)COP(=O)(O)OC[C@@H](COC(=O)CCCCCCCCCCCCCCC)OC(=O)CCCCCCCCCCCCCCCCCC(C)C)OC(=O)CCCCCCCCCCCCCCCCCCCCCCCC. The van der Waals surface area contributed by atoms with Crippen LogP contribution in [-0.4, -0.2) is 96.7 Å². The van der Waals surface area contributed by atoms with E-state index in [1.54, 1.807) is 0 Å². The van der Waals surface area contributed by atoms with Gasteiger partial charge < -0.3 is 33.8 Å². The molecule has 17 nitrogen and oxygen atoms in total. The summed E-state index contributed by atoms with van der Waals surface area (Å²) >= 11 is 0. The molecule has 5 atom stereocenters. The predicted octanol–water partition coefficient (Wildman–Crippen LogP) is 30.3. The Morgan fingerprint density at radius 1 is 0.235 bits per heavy atom. The van der Waals surface area contributed by atoms with Crippen LogP contribution in [0.25, 0.3) is 0 Å². The second kappa shape index (κ2) is 88.4. The number of phosphoric ester groups is 2. The van der Waals surface area contributed by atoms with E-state index in [9.17, 15) is 43.2 Å². The first-order valence-electron chi connectivity index (χ1n) is 49.6. The number of esters is 4. The lowest BCUT2D eigenvalue weighted by atomic mass is 10.0. The Balaban J connectivity index is 5.24. The molecule has 0 fully saturated rings. The van der Waals surface area contributed by atoms with Crippen LogP contribution < -0.4 is 0 Å². The zero-order chi connectivity index (χ0) is 84.0. The van der Waals surface area contributed by atoms with Crippen LogP contribution in [0.1, 0.15) is 529 Å². The van der Waals surface area contributed by atoms with E-state index in [-0.39, 0.29) is 25.7 Å². The van der Waals surface area contributed by atoms with E-state index in [1.807, 2.05) is 0 Å². The first-order chi connectivity index (χ1) is 56.0. The number of phosphoric acid groups is 2. The van der Waals surface area contributed by atoms with E-state index in [0.717, 1.165) is 95.8 Å². The fourth-order valence-electron chi connectivity index (χ4n) is 15.2. The minimum Gasteiger partial charge on any atom is -0.462 e. The van der Waals surface area contributed by atoms with Crippen LogP contribution in [0.2, 0.25) is 0 Å². The number of unbranched alkanes of at least 4 members (excludes halogenated alkanes) is 68. The van der Waals surface area contributed by atoms with Crippen molar-refractivity contribution in [3.8, 4) is 0 Å². The molecule has 0 aliphatic heterocycles. The maximum Gasteiger partial charge on any atom is 0.472 e. The summed E-state index contributed by atoms with van der Waals surface area (Å²) in [5.41, 5.74) is 0. The van der Waals surface area contributed by atoms with Gasteiger partial charge >= 0.3 is 39.5 Å². The molecule has 0 rings (SSSR count). The summed E-state index contributed by atoms with van der Waals surface area (Å²) < 4.78 is 69.2. The molecule has 0 aromatic rings. The number of carbonyl (C=O) groups excluding carboxylic acids is 4. The van der Waals surface area contributed by atoms with Gasteiger partial charge in [-0.15, -0.1) is 0 Å². The van der Waals surface area contributed by atoms with Gasteiger partial charge in [0.15, 0.2) is 12.2 Å². The van der Waals surface area contributed by atoms with Gasteiger partial charge in [0.1, 0.15) is 19.3 Å². The summed E-state index contributed by atoms with van der Waals surface area (Å²) in [6.45, 7) is 7.45. The van der Waals surface area contributed by atoms with Gasteiger partial charge in [-0.05, 0) is 31.6 Å². The van der Waals surface area contributed by atoms with Crippen molar-refractivity contribution in [3.05, 3.63) is 0 Å². The maximum atomic E-state index is 13.2. The van der Waals surface area contributed by atoms with Crippen molar-refractivity contribution in [1.29, 1.82) is 0 Å². The molecular formula is C96H188O17P2. The number of hydrogen-bond donors (Lipinski definition) is 3. The van der Waals surface area contributed by atoms with Crippen LogP contribution in [-0.2, 0) is 65.4 Å². The molecule has 0 saturated heterocycles. The highest BCUT2D eigenvalue weighted by molar-refractivity contribution is 7.47. The average molecular weight is 1680 g/mol. The molecular weight excluding hydrogens is 1490 g/mol. The maximum absolute atomic E-state index is 13.2. The first kappa shape index (κ1) is 113. The number of aliphatic hydroxyl groups is 1. The predicted molar refractivity (Wildman–Crippen MR) is 479 cm³/mol. The van der Waals surface area contributed by atoms with E-state index in [2.05, 4.69) is 34.6 Å². The Kier molecular flexibility index (Phi) is 86.9. The smallest absolute Gasteiger partial charge is 0.462 e. The monoisotopic (exact) mass is 1680 g/mol. The Labute approximate surface area is 708 Å². The quantitative estimate of drug-likeness (QED) is 0.0222. The highest BCUT2D eigenvalue weighted by atomic mass is 31.2. The second-order valence-corrected chi connectivity index (χ2v) is 37.8. The van der Waals surface area contributed by atoms with Crippen molar-refractivity contribution < 1.29 is 80.2 Å². The highest BCUT2D eigenvalue weighted by Gasteiger charge is 2.31. The minimum absolute atomic E-state index is 0.109. The molecule has 684 valence electrons. The van der Waals surface area contributed by atoms with Crippen molar-refractivity contribution in [2.75, 3.05) is 39.6 Å². The number of hydrogen-bond acceptors (Lipinski definition) is 15. The number of aliphatic hydroxyl groups excluding tert-OH is 1. The molecule has 0 aliphatic rings.